The summed E-state index contributed by atoms with van der Waals surface area (Å²) in [6.45, 7) is 12.0. The lowest BCUT2D eigenvalue weighted by Gasteiger charge is -1.93. The van der Waals surface area contributed by atoms with E-state index in [1.54, 1.807) is 30.3 Å². The van der Waals surface area contributed by atoms with Gasteiger partial charge in [-0.2, -0.15) is 0 Å². The molecule has 0 fully saturated rings. The van der Waals surface area contributed by atoms with Crippen LogP contribution in [0.25, 0.3) is 0 Å². The van der Waals surface area contributed by atoms with E-state index < -0.39 is 9.84 Å². The first-order valence-electron chi connectivity index (χ1n) is 5.86. The monoisotopic (exact) mass is 246 g/mol. The molecule has 0 aliphatic heterocycles. The molecule has 0 amide bonds. The summed E-state index contributed by atoms with van der Waals surface area (Å²) < 4.78 is 21.7. The van der Waals surface area contributed by atoms with E-state index in [2.05, 4.69) is 0 Å². The Balaban J connectivity index is -0.000000245. The summed E-state index contributed by atoms with van der Waals surface area (Å²) in [6.07, 6.45) is 1.20. The minimum atomic E-state index is -3.00. The average Bonchev–Trinajstić information content (AvgIpc) is 2.37. The molecule has 0 aliphatic carbocycles. The molecular weight excluding hydrogens is 220 g/mol. The summed E-state index contributed by atoms with van der Waals surface area (Å²) in [5, 5.41) is 0. The Labute approximate surface area is 102 Å². The summed E-state index contributed by atoms with van der Waals surface area (Å²) in [4.78, 5) is 0.370. The normalized spacial score (nSPS) is 8.19. The first-order valence-corrected chi connectivity index (χ1v) is 7.75. The second-order valence-electron chi connectivity index (χ2n) is 2.09. The van der Waals surface area contributed by atoms with Crippen LogP contribution in [0.2, 0.25) is 0 Å². The number of hydrogen-bond donors (Lipinski definition) is 0. The van der Waals surface area contributed by atoms with Crippen molar-refractivity contribution in [3.63, 3.8) is 0 Å². The highest BCUT2D eigenvalue weighted by Gasteiger charge is 2.02. The largest absolute Gasteiger partial charge is 0.224 e. The zero-order valence-corrected chi connectivity index (χ0v) is 12.4. The summed E-state index contributed by atoms with van der Waals surface area (Å²) >= 11 is 0. The van der Waals surface area contributed by atoms with Crippen LogP contribution >= 0.6 is 0 Å². The molecule has 0 aliphatic rings. The van der Waals surface area contributed by atoms with E-state index >= 15 is 0 Å². The molecule has 0 heterocycles. The van der Waals surface area contributed by atoms with Gasteiger partial charge in [-0.1, -0.05) is 59.7 Å². The summed E-state index contributed by atoms with van der Waals surface area (Å²) in [7, 11) is -3.00. The van der Waals surface area contributed by atoms with Crippen LogP contribution in [0.5, 0.6) is 0 Å². The maximum absolute atomic E-state index is 10.8. The molecule has 0 unspecified atom stereocenters. The fourth-order valence-corrected chi connectivity index (χ4v) is 1.32. The van der Waals surface area contributed by atoms with Gasteiger partial charge in [-0.3, -0.25) is 0 Å². The third-order valence-electron chi connectivity index (χ3n) is 1.17. The van der Waals surface area contributed by atoms with Crippen molar-refractivity contribution in [3.05, 3.63) is 30.3 Å². The van der Waals surface area contributed by atoms with E-state index in [1.165, 1.54) is 6.26 Å². The van der Waals surface area contributed by atoms with Crippen LogP contribution in [-0.2, 0) is 9.84 Å². The van der Waals surface area contributed by atoms with E-state index in [4.69, 9.17) is 0 Å². The molecule has 0 N–H and O–H groups in total. The summed E-state index contributed by atoms with van der Waals surface area (Å²) in [5.74, 6) is 0. The SMILES string of the molecule is CC.CC.CC.CS(=O)(=O)c1ccccc1. The van der Waals surface area contributed by atoms with Crippen LogP contribution in [0.1, 0.15) is 41.5 Å². The third kappa shape index (κ3) is 11.2. The topological polar surface area (TPSA) is 34.1 Å². The Morgan fingerprint density at radius 3 is 1.25 bits per heavy atom. The van der Waals surface area contributed by atoms with Crippen LogP contribution in [0.4, 0.5) is 0 Å². The number of rotatable bonds is 1. The maximum atomic E-state index is 10.8. The lowest BCUT2D eigenvalue weighted by Crippen LogP contribution is -1.95. The molecule has 3 heteroatoms. The Bertz CT molecular complexity index is 302. The first kappa shape index (κ1) is 20.6. The van der Waals surface area contributed by atoms with Crippen LogP contribution < -0.4 is 0 Å². The first-order chi connectivity index (χ1) is 7.61. The molecule has 1 aromatic rings. The van der Waals surface area contributed by atoms with Crippen molar-refractivity contribution in [2.75, 3.05) is 6.26 Å². The predicted octanol–water partition coefficient (Wildman–Crippen LogP) is 4.17. The van der Waals surface area contributed by atoms with Crippen molar-refractivity contribution >= 4 is 9.84 Å². The molecule has 1 rings (SSSR count). The molecule has 2 nitrogen and oxygen atoms in total. The Morgan fingerprint density at radius 2 is 1.06 bits per heavy atom. The number of sulfone groups is 1. The van der Waals surface area contributed by atoms with Crippen molar-refractivity contribution in [1.82, 2.24) is 0 Å². The van der Waals surface area contributed by atoms with E-state index in [0.717, 1.165) is 0 Å². The van der Waals surface area contributed by atoms with Gasteiger partial charge in [-0.25, -0.2) is 8.42 Å². The lowest BCUT2D eigenvalue weighted by atomic mass is 10.4. The van der Waals surface area contributed by atoms with Gasteiger partial charge in [0.2, 0.25) is 0 Å². The number of benzene rings is 1. The van der Waals surface area contributed by atoms with Crippen molar-refractivity contribution in [1.29, 1.82) is 0 Å². The van der Waals surface area contributed by atoms with Crippen LogP contribution in [0.15, 0.2) is 35.2 Å². The van der Waals surface area contributed by atoms with E-state index in [-0.39, 0.29) is 0 Å². The highest BCUT2D eigenvalue weighted by molar-refractivity contribution is 7.90. The van der Waals surface area contributed by atoms with Crippen LogP contribution in [0.3, 0.4) is 0 Å². The fourth-order valence-electron chi connectivity index (χ4n) is 0.668. The lowest BCUT2D eigenvalue weighted by molar-refractivity contribution is 0.602. The Kier molecular flexibility index (Phi) is 18.2. The number of hydrogen-bond acceptors (Lipinski definition) is 2. The van der Waals surface area contributed by atoms with Crippen LogP contribution in [-0.4, -0.2) is 14.7 Å². The van der Waals surface area contributed by atoms with Crippen molar-refractivity contribution in [2.24, 2.45) is 0 Å². The smallest absolute Gasteiger partial charge is 0.175 e. The zero-order chi connectivity index (χ0) is 13.6. The zero-order valence-electron chi connectivity index (χ0n) is 11.6. The molecular formula is C13H26O2S. The van der Waals surface area contributed by atoms with E-state index in [0.29, 0.717) is 4.90 Å². The minimum Gasteiger partial charge on any atom is -0.224 e. The molecule has 0 atom stereocenters. The molecule has 0 radical (unpaired) electrons. The highest BCUT2D eigenvalue weighted by atomic mass is 32.2. The van der Waals surface area contributed by atoms with E-state index in [1.807, 2.05) is 41.5 Å². The molecule has 0 saturated carbocycles. The molecule has 0 bridgehead atoms. The Morgan fingerprint density at radius 1 is 0.750 bits per heavy atom. The van der Waals surface area contributed by atoms with Gasteiger partial charge in [0.25, 0.3) is 0 Å². The van der Waals surface area contributed by atoms with Crippen molar-refractivity contribution in [3.8, 4) is 0 Å². The molecule has 1 aromatic carbocycles. The minimum absolute atomic E-state index is 0.370. The second-order valence-corrected chi connectivity index (χ2v) is 4.10. The van der Waals surface area contributed by atoms with Gasteiger partial charge in [-0.05, 0) is 12.1 Å². The van der Waals surface area contributed by atoms with Gasteiger partial charge < -0.3 is 0 Å². The molecule has 0 saturated heterocycles. The second kappa shape index (κ2) is 14.2. The molecule has 0 spiro atoms. The van der Waals surface area contributed by atoms with Gasteiger partial charge in [0.15, 0.2) is 9.84 Å². The highest BCUT2D eigenvalue weighted by Crippen LogP contribution is 2.05. The summed E-state index contributed by atoms with van der Waals surface area (Å²) in [5.41, 5.74) is 0. The van der Waals surface area contributed by atoms with Crippen molar-refractivity contribution in [2.45, 2.75) is 46.4 Å². The third-order valence-corrected chi connectivity index (χ3v) is 2.30. The van der Waals surface area contributed by atoms with Crippen molar-refractivity contribution < 1.29 is 8.42 Å². The van der Waals surface area contributed by atoms with Gasteiger partial charge in [0.1, 0.15) is 0 Å². The summed E-state index contributed by atoms with van der Waals surface area (Å²) in [6, 6.07) is 8.35. The molecule has 16 heavy (non-hydrogen) atoms. The molecule has 96 valence electrons. The quantitative estimate of drug-likeness (QED) is 0.745. The average molecular weight is 246 g/mol. The van der Waals surface area contributed by atoms with Crippen LogP contribution in [0, 0.1) is 0 Å². The maximum Gasteiger partial charge on any atom is 0.175 e. The Hall–Kier alpha value is -0.830. The predicted molar refractivity (Wildman–Crippen MR) is 73.6 cm³/mol. The van der Waals surface area contributed by atoms with Gasteiger partial charge in [-0.15, -0.1) is 0 Å². The molecule has 0 aromatic heterocycles. The van der Waals surface area contributed by atoms with Gasteiger partial charge >= 0.3 is 0 Å². The van der Waals surface area contributed by atoms with Gasteiger partial charge in [0, 0.05) is 6.26 Å². The fraction of sp³-hybridized carbons (Fsp3) is 0.538. The van der Waals surface area contributed by atoms with Gasteiger partial charge in [0.05, 0.1) is 4.90 Å². The standard InChI is InChI=1S/C7H8O2S.3C2H6/c1-10(8,9)7-5-3-2-4-6-7;3*1-2/h2-6H,1H3;3*1-2H3. The van der Waals surface area contributed by atoms with E-state index in [9.17, 15) is 8.42 Å².